The van der Waals surface area contributed by atoms with Gasteiger partial charge in [0.2, 0.25) is 0 Å². The summed E-state index contributed by atoms with van der Waals surface area (Å²) < 4.78 is 0.870. The molecule has 0 aliphatic carbocycles. The molecule has 0 spiro atoms. The first-order valence-corrected chi connectivity index (χ1v) is 2.54. The van der Waals surface area contributed by atoms with Crippen LogP contribution in [-0.4, -0.2) is 4.73 Å². The van der Waals surface area contributed by atoms with Crippen molar-refractivity contribution in [1.82, 2.24) is 4.73 Å². The number of hydrogen-bond donors (Lipinski definition) is 0. The Morgan fingerprint density at radius 1 is 1.50 bits per heavy atom. The molecule has 2 nitrogen and oxygen atoms in total. The van der Waals surface area contributed by atoms with Crippen LogP contribution in [0.4, 0.5) is 0 Å². The SMILES string of the molecule is Cc1ccn([O-])c1C. The first-order chi connectivity index (χ1) is 3.72. The van der Waals surface area contributed by atoms with Crippen molar-refractivity contribution in [2.24, 2.45) is 0 Å². The molecule has 2 heteroatoms. The van der Waals surface area contributed by atoms with Gasteiger partial charge in [0.25, 0.3) is 0 Å². The second kappa shape index (κ2) is 1.54. The van der Waals surface area contributed by atoms with Crippen LogP contribution in [0.2, 0.25) is 0 Å². The zero-order valence-corrected chi connectivity index (χ0v) is 5.01. The molecule has 1 aromatic heterocycles. The van der Waals surface area contributed by atoms with E-state index in [2.05, 4.69) is 0 Å². The quantitative estimate of drug-likeness (QED) is 0.496. The highest BCUT2D eigenvalue weighted by molar-refractivity contribution is 5.19. The summed E-state index contributed by atoms with van der Waals surface area (Å²) in [6.07, 6.45) is 1.52. The van der Waals surface area contributed by atoms with E-state index in [0.29, 0.717) is 0 Å². The van der Waals surface area contributed by atoms with Gasteiger partial charge in [0.05, 0.1) is 0 Å². The van der Waals surface area contributed by atoms with E-state index >= 15 is 0 Å². The summed E-state index contributed by atoms with van der Waals surface area (Å²) in [4.78, 5) is 0. The summed E-state index contributed by atoms with van der Waals surface area (Å²) in [5.74, 6) is 0. The van der Waals surface area contributed by atoms with Crippen LogP contribution in [0.25, 0.3) is 0 Å². The summed E-state index contributed by atoms with van der Waals surface area (Å²) in [6, 6.07) is 1.81. The van der Waals surface area contributed by atoms with Crippen molar-refractivity contribution < 1.29 is 0 Å². The molecule has 44 valence electrons. The van der Waals surface area contributed by atoms with Crippen molar-refractivity contribution >= 4 is 0 Å². The smallest absolute Gasteiger partial charge is 0.0124 e. The Morgan fingerprint density at radius 3 is 2.25 bits per heavy atom. The van der Waals surface area contributed by atoms with Crippen molar-refractivity contribution in [3.05, 3.63) is 28.7 Å². The highest BCUT2D eigenvalue weighted by atomic mass is 16.5. The van der Waals surface area contributed by atoms with E-state index < -0.39 is 0 Å². The van der Waals surface area contributed by atoms with Gasteiger partial charge in [0, 0.05) is 5.69 Å². The maximum Gasteiger partial charge on any atom is 0.0124 e. The topological polar surface area (TPSA) is 28.0 Å². The van der Waals surface area contributed by atoms with Crippen LogP contribution < -0.4 is 0 Å². The average molecular weight is 110 g/mol. The fraction of sp³-hybridized carbons (Fsp3) is 0.333. The summed E-state index contributed by atoms with van der Waals surface area (Å²) in [5, 5.41) is 10.6. The molecule has 0 unspecified atom stereocenters. The van der Waals surface area contributed by atoms with Gasteiger partial charge in [-0.3, -0.25) is 0 Å². The minimum Gasteiger partial charge on any atom is -0.806 e. The average Bonchev–Trinajstić information content (AvgIpc) is 1.98. The lowest BCUT2D eigenvalue weighted by molar-refractivity contribution is 1.02. The lowest BCUT2D eigenvalue weighted by atomic mass is 10.3. The number of rotatable bonds is 0. The lowest BCUT2D eigenvalue weighted by Crippen LogP contribution is -1.85. The minimum absolute atomic E-state index is 0.796. The molecule has 0 atom stereocenters. The van der Waals surface area contributed by atoms with Crippen molar-refractivity contribution in [1.29, 1.82) is 0 Å². The molecule has 0 N–H and O–H groups in total. The van der Waals surface area contributed by atoms with Crippen LogP contribution in [0.3, 0.4) is 0 Å². The van der Waals surface area contributed by atoms with Crippen LogP contribution in [0.15, 0.2) is 12.3 Å². The highest BCUT2D eigenvalue weighted by Gasteiger charge is 1.89. The first kappa shape index (κ1) is 5.22. The van der Waals surface area contributed by atoms with Gasteiger partial charge >= 0.3 is 0 Å². The molecule has 0 bridgehead atoms. The third kappa shape index (κ3) is 0.579. The Balaban J connectivity index is 3.19. The molecule has 0 aromatic carbocycles. The molecule has 0 amide bonds. The Kier molecular flexibility index (Phi) is 1.01. The summed E-state index contributed by atoms with van der Waals surface area (Å²) in [7, 11) is 0. The monoisotopic (exact) mass is 110 g/mol. The van der Waals surface area contributed by atoms with Gasteiger partial charge in [-0.25, -0.2) is 0 Å². The zero-order chi connectivity index (χ0) is 6.15. The maximum absolute atomic E-state index is 10.6. The van der Waals surface area contributed by atoms with Crippen LogP contribution in [0.1, 0.15) is 11.3 Å². The Bertz CT molecular complexity index is 171. The third-order valence-electron chi connectivity index (χ3n) is 1.36. The Morgan fingerprint density at radius 2 is 2.12 bits per heavy atom. The van der Waals surface area contributed by atoms with Crippen molar-refractivity contribution in [3.63, 3.8) is 0 Å². The molecule has 8 heavy (non-hydrogen) atoms. The number of nitrogens with zero attached hydrogens (tertiary/aromatic N) is 1. The number of hydrogen-bond acceptors (Lipinski definition) is 1. The first-order valence-electron chi connectivity index (χ1n) is 2.54. The van der Waals surface area contributed by atoms with Gasteiger partial charge in [0.15, 0.2) is 0 Å². The Labute approximate surface area is 48.3 Å². The third-order valence-corrected chi connectivity index (χ3v) is 1.36. The van der Waals surface area contributed by atoms with E-state index in [9.17, 15) is 5.21 Å². The molecule has 1 heterocycles. The fourth-order valence-corrected chi connectivity index (χ4v) is 0.586. The van der Waals surface area contributed by atoms with Gasteiger partial charge in [-0.05, 0) is 31.7 Å². The maximum atomic E-state index is 10.6. The normalized spacial score (nSPS) is 9.75. The second-order valence-corrected chi connectivity index (χ2v) is 1.91. The van der Waals surface area contributed by atoms with E-state index in [1.54, 1.807) is 0 Å². The molecule has 0 saturated heterocycles. The lowest BCUT2D eigenvalue weighted by Gasteiger charge is -2.07. The summed E-state index contributed by atoms with van der Waals surface area (Å²) >= 11 is 0. The second-order valence-electron chi connectivity index (χ2n) is 1.91. The van der Waals surface area contributed by atoms with Crippen molar-refractivity contribution in [2.75, 3.05) is 0 Å². The standard InChI is InChI=1S/C6H8NO/c1-5-3-4-7(8)6(5)2/h3-4H,1-2H3/q-1. The molecule has 0 saturated carbocycles. The van der Waals surface area contributed by atoms with Crippen LogP contribution in [-0.2, 0) is 0 Å². The molecular formula is C6H8NO-. The van der Waals surface area contributed by atoms with Crippen LogP contribution >= 0.6 is 0 Å². The van der Waals surface area contributed by atoms with Crippen molar-refractivity contribution in [3.8, 4) is 0 Å². The zero-order valence-electron chi connectivity index (χ0n) is 5.01. The molecule has 0 radical (unpaired) electrons. The van der Waals surface area contributed by atoms with Gasteiger partial charge < -0.3 is 9.94 Å². The molecular weight excluding hydrogens is 102 g/mol. The largest absolute Gasteiger partial charge is 0.806 e. The van der Waals surface area contributed by atoms with Crippen LogP contribution in [0.5, 0.6) is 0 Å². The summed E-state index contributed by atoms with van der Waals surface area (Å²) in [5.41, 5.74) is 1.85. The van der Waals surface area contributed by atoms with E-state index in [1.807, 2.05) is 19.9 Å². The van der Waals surface area contributed by atoms with Gasteiger partial charge in [-0.2, -0.15) is 0 Å². The number of aromatic nitrogens is 1. The highest BCUT2D eigenvalue weighted by Crippen LogP contribution is 2.04. The molecule has 0 aliphatic rings. The van der Waals surface area contributed by atoms with E-state index in [0.717, 1.165) is 16.0 Å². The predicted octanol–water partition coefficient (Wildman–Crippen LogP) is 1.45. The minimum atomic E-state index is 0.796. The molecule has 0 aliphatic heterocycles. The molecule has 1 rings (SSSR count). The fourth-order valence-electron chi connectivity index (χ4n) is 0.586. The summed E-state index contributed by atoms with van der Waals surface area (Å²) in [6.45, 7) is 3.73. The molecule has 1 aromatic rings. The van der Waals surface area contributed by atoms with E-state index in [-0.39, 0.29) is 0 Å². The van der Waals surface area contributed by atoms with Crippen LogP contribution in [0, 0.1) is 19.1 Å². The Hall–Kier alpha value is -0.920. The van der Waals surface area contributed by atoms with Crippen molar-refractivity contribution in [2.45, 2.75) is 13.8 Å². The predicted molar refractivity (Wildman–Crippen MR) is 32.7 cm³/mol. The van der Waals surface area contributed by atoms with Gasteiger partial charge in [0.1, 0.15) is 0 Å². The van der Waals surface area contributed by atoms with Gasteiger partial charge in [-0.15, -0.1) is 0 Å². The van der Waals surface area contributed by atoms with Gasteiger partial charge in [-0.1, -0.05) is 0 Å². The molecule has 0 fully saturated rings. The van der Waals surface area contributed by atoms with E-state index in [1.165, 1.54) is 6.20 Å². The number of aryl methyl sites for hydroxylation is 1. The van der Waals surface area contributed by atoms with E-state index in [4.69, 9.17) is 0 Å².